The van der Waals surface area contributed by atoms with Gasteiger partial charge < -0.3 is 10.4 Å². The fourth-order valence-corrected chi connectivity index (χ4v) is 3.17. The maximum Gasteiger partial charge on any atom is 0.0694 e. The van der Waals surface area contributed by atoms with Crippen LogP contribution in [0.4, 0.5) is 0 Å². The van der Waals surface area contributed by atoms with Crippen LogP contribution in [-0.2, 0) is 13.6 Å². The smallest absolute Gasteiger partial charge is 0.0694 e. The highest BCUT2D eigenvalue weighted by atomic mass is 16.3. The fourth-order valence-electron chi connectivity index (χ4n) is 3.17. The first-order valence-corrected chi connectivity index (χ1v) is 7.84. The molecule has 1 aromatic rings. The first kappa shape index (κ1) is 15.5. The van der Waals surface area contributed by atoms with Crippen LogP contribution in [0.5, 0.6) is 0 Å². The summed E-state index contributed by atoms with van der Waals surface area (Å²) in [6.45, 7) is 7.69. The summed E-state index contributed by atoms with van der Waals surface area (Å²) in [7, 11) is 1.97. The molecule has 1 aliphatic rings. The van der Waals surface area contributed by atoms with E-state index >= 15 is 0 Å². The van der Waals surface area contributed by atoms with Crippen LogP contribution < -0.4 is 5.32 Å². The van der Waals surface area contributed by atoms with Gasteiger partial charge in [-0.05, 0) is 37.5 Å². The Kier molecular flexibility index (Phi) is 4.86. The van der Waals surface area contributed by atoms with Crippen LogP contribution in [0.15, 0.2) is 6.20 Å². The van der Waals surface area contributed by atoms with Gasteiger partial charge in [0.2, 0.25) is 0 Å². The molecule has 0 amide bonds. The fraction of sp³-hybridized carbons (Fsp3) is 0.812. The number of nitrogens with one attached hydrogen (secondary N) is 1. The molecule has 0 bridgehead atoms. The Morgan fingerprint density at radius 2 is 2.10 bits per heavy atom. The third-order valence-corrected chi connectivity index (χ3v) is 4.67. The molecule has 4 nitrogen and oxygen atoms in total. The molecule has 1 heterocycles. The van der Waals surface area contributed by atoms with Gasteiger partial charge >= 0.3 is 0 Å². The number of hydrogen-bond acceptors (Lipinski definition) is 3. The van der Waals surface area contributed by atoms with E-state index in [-0.39, 0.29) is 12.1 Å². The van der Waals surface area contributed by atoms with Crippen LogP contribution in [0, 0.1) is 5.92 Å². The second-order valence-corrected chi connectivity index (χ2v) is 6.84. The molecule has 20 heavy (non-hydrogen) atoms. The molecule has 0 radical (unpaired) electrons. The summed E-state index contributed by atoms with van der Waals surface area (Å²) in [4.78, 5) is 0. The highest BCUT2D eigenvalue weighted by Gasteiger charge is 2.33. The zero-order valence-electron chi connectivity index (χ0n) is 13.3. The minimum absolute atomic E-state index is 0.0867. The molecule has 2 rings (SSSR count). The summed E-state index contributed by atoms with van der Waals surface area (Å²) in [5.74, 6) is 1.23. The highest BCUT2D eigenvalue weighted by Crippen LogP contribution is 2.32. The molecule has 2 N–H and O–H groups in total. The SMILES string of the molecule is CC1CCC(CO)(NCc2cn(C)nc2C(C)C)CC1. The lowest BCUT2D eigenvalue weighted by atomic mass is 9.77. The Labute approximate surface area is 122 Å². The van der Waals surface area contributed by atoms with Gasteiger partial charge in [0.05, 0.1) is 12.3 Å². The molecular weight excluding hydrogens is 250 g/mol. The van der Waals surface area contributed by atoms with Crippen LogP contribution >= 0.6 is 0 Å². The zero-order valence-corrected chi connectivity index (χ0v) is 13.3. The summed E-state index contributed by atoms with van der Waals surface area (Å²) >= 11 is 0. The maximum absolute atomic E-state index is 9.81. The van der Waals surface area contributed by atoms with E-state index in [1.807, 2.05) is 11.7 Å². The van der Waals surface area contributed by atoms with Crippen molar-refractivity contribution >= 4 is 0 Å². The van der Waals surface area contributed by atoms with E-state index in [2.05, 4.69) is 37.4 Å². The summed E-state index contributed by atoms with van der Waals surface area (Å²) < 4.78 is 1.89. The lowest BCUT2D eigenvalue weighted by Crippen LogP contribution is -2.50. The quantitative estimate of drug-likeness (QED) is 0.871. The van der Waals surface area contributed by atoms with Crippen molar-refractivity contribution in [2.24, 2.45) is 13.0 Å². The molecule has 0 aliphatic heterocycles. The Bertz CT molecular complexity index is 431. The second-order valence-electron chi connectivity index (χ2n) is 6.84. The van der Waals surface area contributed by atoms with E-state index in [9.17, 15) is 5.11 Å². The van der Waals surface area contributed by atoms with Crippen molar-refractivity contribution in [2.45, 2.75) is 64.5 Å². The van der Waals surface area contributed by atoms with Crippen molar-refractivity contribution < 1.29 is 5.11 Å². The topological polar surface area (TPSA) is 50.1 Å². The molecule has 1 aromatic heterocycles. The normalized spacial score (nSPS) is 27.2. The van der Waals surface area contributed by atoms with Crippen LogP contribution in [0.1, 0.15) is 63.6 Å². The summed E-state index contributed by atoms with van der Waals surface area (Å²) in [6, 6.07) is 0. The third-order valence-electron chi connectivity index (χ3n) is 4.67. The Morgan fingerprint density at radius 3 is 2.65 bits per heavy atom. The van der Waals surface area contributed by atoms with Crippen molar-refractivity contribution in [3.63, 3.8) is 0 Å². The third kappa shape index (κ3) is 3.41. The molecule has 0 saturated heterocycles. The number of rotatable bonds is 5. The number of aliphatic hydroxyl groups is 1. The number of aliphatic hydroxyl groups excluding tert-OH is 1. The van der Waals surface area contributed by atoms with E-state index in [1.165, 1.54) is 18.4 Å². The molecule has 1 fully saturated rings. The van der Waals surface area contributed by atoms with Crippen LogP contribution in [0.2, 0.25) is 0 Å². The Hall–Kier alpha value is -0.870. The lowest BCUT2D eigenvalue weighted by Gasteiger charge is -2.39. The monoisotopic (exact) mass is 279 g/mol. The summed E-state index contributed by atoms with van der Waals surface area (Å²) in [6.07, 6.45) is 6.65. The average molecular weight is 279 g/mol. The predicted octanol–water partition coefficient (Wildman–Crippen LogP) is 2.57. The molecule has 0 spiro atoms. The minimum atomic E-state index is -0.0867. The van der Waals surface area contributed by atoms with E-state index in [4.69, 9.17) is 0 Å². The number of hydrogen-bond donors (Lipinski definition) is 2. The second kappa shape index (κ2) is 6.27. The van der Waals surface area contributed by atoms with E-state index in [1.54, 1.807) is 0 Å². The van der Waals surface area contributed by atoms with Crippen molar-refractivity contribution in [2.75, 3.05) is 6.61 Å². The predicted molar refractivity (Wildman–Crippen MR) is 81.6 cm³/mol. The molecule has 1 aliphatic carbocycles. The first-order valence-electron chi connectivity index (χ1n) is 7.84. The maximum atomic E-state index is 9.81. The number of aromatic nitrogens is 2. The van der Waals surface area contributed by atoms with Crippen LogP contribution in [0.25, 0.3) is 0 Å². The van der Waals surface area contributed by atoms with Crippen molar-refractivity contribution in [1.82, 2.24) is 15.1 Å². The number of nitrogens with zero attached hydrogens (tertiary/aromatic N) is 2. The number of aryl methyl sites for hydroxylation is 1. The van der Waals surface area contributed by atoms with Gasteiger partial charge in [-0.3, -0.25) is 4.68 Å². The van der Waals surface area contributed by atoms with E-state index < -0.39 is 0 Å². The molecule has 4 heteroatoms. The van der Waals surface area contributed by atoms with Gasteiger partial charge in [-0.1, -0.05) is 20.8 Å². The largest absolute Gasteiger partial charge is 0.394 e. The average Bonchev–Trinajstić information content (AvgIpc) is 2.80. The van der Waals surface area contributed by atoms with Crippen molar-refractivity contribution in [3.8, 4) is 0 Å². The molecule has 114 valence electrons. The molecule has 0 atom stereocenters. The van der Waals surface area contributed by atoms with Crippen molar-refractivity contribution in [1.29, 1.82) is 0 Å². The molecule has 0 unspecified atom stereocenters. The zero-order chi connectivity index (χ0) is 14.8. The minimum Gasteiger partial charge on any atom is -0.394 e. The van der Waals surface area contributed by atoms with Gasteiger partial charge in [0.25, 0.3) is 0 Å². The van der Waals surface area contributed by atoms with Gasteiger partial charge in [0, 0.05) is 30.9 Å². The van der Waals surface area contributed by atoms with Crippen LogP contribution in [0.3, 0.4) is 0 Å². The molecular formula is C16H29N3O. The lowest BCUT2D eigenvalue weighted by molar-refractivity contribution is 0.104. The van der Waals surface area contributed by atoms with Gasteiger partial charge in [0.15, 0.2) is 0 Å². The standard InChI is InChI=1S/C16H29N3O/c1-12(2)15-14(10-19(4)18-15)9-17-16(11-20)7-5-13(3)6-8-16/h10,12-13,17,20H,5-9,11H2,1-4H3. The Balaban J connectivity index is 2.03. The molecule has 1 saturated carbocycles. The first-order chi connectivity index (χ1) is 9.46. The van der Waals surface area contributed by atoms with E-state index in [0.29, 0.717) is 5.92 Å². The van der Waals surface area contributed by atoms with Gasteiger partial charge in [0.1, 0.15) is 0 Å². The highest BCUT2D eigenvalue weighted by molar-refractivity contribution is 5.20. The van der Waals surface area contributed by atoms with Gasteiger partial charge in [-0.25, -0.2) is 0 Å². The van der Waals surface area contributed by atoms with Gasteiger partial charge in [-0.2, -0.15) is 5.10 Å². The van der Waals surface area contributed by atoms with Crippen molar-refractivity contribution in [3.05, 3.63) is 17.5 Å². The summed E-state index contributed by atoms with van der Waals surface area (Å²) in [5.41, 5.74) is 2.34. The van der Waals surface area contributed by atoms with Crippen LogP contribution in [-0.4, -0.2) is 27.0 Å². The molecule has 0 aromatic carbocycles. The summed E-state index contributed by atoms with van der Waals surface area (Å²) in [5, 5.41) is 18.0. The Morgan fingerprint density at radius 1 is 1.45 bits per heavy atom. The van der Waals surface area contributed by atoms with E-state index in [0.717, 1.165) is 31.0 Å². The van der Waals surface area contributed by atoms with Gasteiger partial charge in [-0.15, -0.1) is 0 Å².